The summed E-state index contributed by atoms with van der Waals surface area (Å²) in [6, 6.07) is 8.87. The van der Waals surface area contributed by atoms with Crippen LogP contribution in [-0.4, -0.2) is 19.6 Å². The van der Waals surface area contributed by atoms with Gasteiger partial charge in [-0.05, 0) is 49.3 Å². The molecule has 2 unspecified atom stereocenters. The summed E-state index contributed by atoms with van der Waals surface area (Å²) in [7, 11) is 0. The van der Waals surface area contributed by atoms with Gasteiger partial charge in [-0.3, -0.25) is 0 Å². The van der Waals surface area contributed by atoms with Crippen molar-refractivity contribution in [2.75, 3.05) is 24.5 Å². The van der Waals surface area contributed by atoms with Crippen LogP contribution in [0.3, 0.4) is 0 Å². The van der Waals surface area contributed by atoms with Crippen LogP contribution in [0.4, 0.5) is 5.69 Å². The van der Waals surface area contributed by atoms with Crippen LogP contribution in [0.15, 0.2) is 24.3 Å². The molecule has 1 aliphatic heterocycles. The molecular weight excluding hydrogens is 220 g/mol. The summed E-state index contributed by atoms with van der Waals surface area (Å²) in [6.07, 6.45) is 3.72. The summed E-state index contributed by atoms with van der Waals surface area (Å²) in [4.78, 5) is 2.56. The summed E-state index contributed by atoms with van der Waals surface area (Å²) >= 11 is 0. The number of fused-ring (bicyclic) bond motifs is 1. The summed E-state index contributed by atoms with van der Waals surface area (Å²) in [5, 5.41) is 0. The van der Waals surface area contributed by atoms with Gasteiger partial charge in [0.25, 0.3) is 0 Å². The van der Waals surface area contributed by atoms with Crippen molar-refractivity contribution in [2.45, 2.75) is 33.1 Å². The maximum absolute atomic E-state index is 5.68. The molecule has 2 N–H and O–H groups in total. The first kappa shape index (κ1) is 13.4. The van der Waals surface area contributed by atoms with E-state index in [9.17, 15) is 0 Å². The van der Waals surface area contributed by atoms with E-state index >= 15 is 0 Å². The lowest BCUT2D eigenvalue weighted by atomic mass is 9.93. The van der Waals surface area contributed by atoms with E-state index in [-0.39, 0.29) is 0 Å². The smallest absolute Gasteiger partial charge is 0.0398 e. The monoisotopic (exact) mass is 246 g/mol. The molecule has 2 nitrogen and oxygen atoms in total. The Morgan fingerprint density at radius 2 is 2.17 bits per heavy atom. The number of nitrogens with zero attached hydrogens (tertiary/aromatic N) is 1. The van der Waals surface area contributed by atoms with Gasteiger partial charge in [0.15, 0.2) is 0 Å². The van der Waals surface area contributed by atoms with Crippen LogP contribution >= 0.6 is 0 Å². The highest BCUT2D eigenvalue weighted by molar-refractivity contribution is 5.55. The number of hydrogen-bond donors (Lipinski definition) is 1. The molecule has 2 atom stereocenters. The molecule has 1 aliphatic rings. The Balaban J connectivity index is 1.96. The van der Waals surface area contributed by atoms with Gasteiger partial charge in [0.1, 0.15) is 0 Å². The first-order valence-corrected chi connectivity index (χ1v) is 7.23. The Morgan fingerprint density at radius 3 is 2.94 bits per heavy atom. The molecule has 0 spiro atoms. The van der Waals surface area contributed by atoms with Crippen molar-refractivity contribution < 1.29 is 0 Å². The third kappa shape index (κ3) is 3.26. The third-order valence-electron chi connectivity index (χ3n) is 3.96. The number of benzene rings is 1. The molecule has 2 heteroatoms. The molecule has 2 rings (SSSR count). The highest BCUT2D eigenvalue weighted by Crippen LogP contribution is 2.29. The average molecular weight is 246 g/mol. The number of anilines is 1. The van der Waals surface area contributed by atoms with Gasteiger partial charge in [-0.2, -0.15) is 0 Å². The lowest BCUT2D eigenvalue weighted by Gasteiger charge is -2.35. The fraction of sp³-hybridized carbons (Fsp3) is 0.625. The van der Waals surface area contributed by atoms with Crippen LogP contribution in [0.25, 0.3) is 0 Å². The van der Waals surface area contributed by atoms with Gasteiger partial charge >= 0.3 is 0 Å². The van der Waals surface area contributed by atoms with Crippen LogP contribution in [0.2, 0.25) is 0 Å². The maximum Gasteiger partial charge on any atom is 0.0398 e. The van der Waals surface area contributed by atoms with E-state index in [2.05, 4.69) is 43.0 Å². The molecule has 0 aliphatic carbocycles. The van der Waals surface area contributed by atoms with Crippen LogP contribution < -0.4 is 10.6 Å². The average Bonchev–Trinajstić information content (AvgIpc) is 2.38. The number of rotatable bonds is 5. The quantitative estimate of drug-likeness (QED) is 0.865. The van der Waals surface area contributed by atoms with Crippen molar-refractivity contribution in [3.05, 3.63) is 29.8 Å². The number of para-hydroxylation sites is 1. The van der Waals surface area contributed by atoms with Crippen molar-refractivity contribution >= 4 is 5.69 Å². The second-order valence-corrected chi connectivity index (χ2v) is 5.87. The third-order valence-corrected chi connectivity index (χ3v) is 3.96. The van der Waals surface area contributed by atoms with Crippen LogP contribution in [-0.2, 0) is 6.42 Å². The largest absolute Gasteiger partial charge is 0.371 e. The lowest BCUT2D eigenvalue weighted by molar-refractivity contribution is 0.488. The minimum Gasteiger partial charge on any atom is -0.371 e. The maximum atomic E-state index is 5.68. The first-order chi connectivity index (χ1) is 8.70. The van der Waals surface area contributed by atoms with Crippen molar-refractivity contribution in [3.8, 4) is 0 Å². The van der Waals surface area contributed by atoms with E-state index in [0.29, 0.717) is 5.92 Å². The zero-order chi connectivity index (χ0) is 13.0. The van der Waals surface area contributed by atoms with E-state index in [0.717, 1.165) is 12.5 Å². The summed E-state index contributed by atoms with van der Waals surface area (Å²) < 4.78 is 0. The SMILES string of the molecule is CC(CN)CCCN1CC(C)Cc2ccccc21. The van der Waals surface area contributed by atoms with E-state index in [4.69, 9.17) is 5.73 Å². The molecule has 18 heavy (non-hydrogen) atoms. The Labute approximate surface area is 111 Å². The van der Waals surface area contributed by atoms with Crippen molar-refractivity contribution in [1.29, 1.82) is 0 Å². The van der Waals surface area contributed by atoms with E-state index in [1.165, 1.54) is 43.6 Å². The number of nitrogens with two attached hydrogens (primary N) is 1. The molecule has 0 saturated carbocycles. The minimum atomic E-state index is 0.655. The zero-order valence-electron chi connectivity index (χ0n) is 11.7. The van der Waals surface area contributed by atoms with Crippen molar-refractivity contribution in [2.24, 2.45) is 17.6 Å². The number of hydrogen-bond acceptors (Lipinski definition) is 2. The van der Waals surface area contributed by atoms with Gasteiger partial charge in [-0.25, -0.2) is 0 Å². The minimum absolute atomic E-state index is 0.655. The fourth-order valence-electron chi connectivity index (χ4n) is 2.87. The topological polar surface area (TPSA) is 29.3 Å². The zero-order valence-corrected chi connectivity index (χ0v) is 11.7. The Kier molecular flexibility index (Phi) is 4.65. The van der Waals surface area contributed by atoms with Gasteiger partial charge in [0.05, 0.1) is 0 Å². The second-order valence-electron chi connectivity index (χ2n) is 5.87. The van der Waals surface area contributed by atoms with Crippen LogP contribution in [0.5, 0.6) is 0 Å². The fourth-order valence-corrected chi connectivity index (χ4v) is 2.87. The van der Waals surface area contributed by atoms with Gasteiger partial charge in [0.2, 0.25) is 0 Å². The van der Waals surface area contributed by atoms with E-state index in [1.807, 2.05) is 0 Å². The molecule has 0 radical (unpaired) electrons. The molecule has 0 bridgehead atoms. The van der Waals surface area contributed by atoms with Crippen molar-refractivity contribution in [3.63, 3.8) is 0 Å². The normalized spacial score (nSPS) is 20.6. The summed E-state index contributed by atoms with van der Waals surface area (Å²) in [5.74, 6) is 1.43. The molecule has 1 aromatic carbocycles. The predicted molar refractivity (Wildman–Crippen MR) is 79.0 cm³/mol. The molecule has 0 amide bonds. The first-order valence-electron chi connectivity index (χ1n) is 7.23. The van der Waals surface area contributed by atoms with Crippen LogP contribution in [0.1, 0.15) is 32.3 Å². The highest BCUT2D eigenvalue weighted by Gasteiger charge is 2.20. The van der Waals surface area contributed by atoms with Gasteiger partial charge in [-0.15, -0.1) is 0 Å². The van der Waals surface area contributed by atoms with Gasteiger partial charge in [0, 0.05) is 18.8 Å². The molecular formula is C16H26N2. The Bertz CT molecular complexity index is 375. The van der Waals surface area contributed by atoms with E-state index < -0.39 is 0 Å². The van der Waals surface area contributed by atoms with E-state index in [1.54, 1.807) is 0 Å². The molecule has 0 saturated heterocycles. The Hall–Kier alpha value is -1.02. The molecule has 0 fully saturated rings. The standard InChI is InChI=1S/C16H26N2/c1-13(11-17)6-5-9-18-12-14(2)10-15-7-3-4-8-16(15)18/h3-4,7-8,13-14H,5-6,9-12,17H2,1-2H3. The molecule has 1 heterocycles. The van der Waals surface area contributed by atoms with Crippen LogP contribution in [0, 0.1) is 11.8 Å². The highest BCUT2D eigenvalue weighted by atomic mass is 15.1. The molecule has 100 valence electrons. The van der Waals surface area contributed by atoms with Crippen molar-refractivity contribution in [1.82, 2.24) is 0 Å². The summed E-state index contributed by atoms with van der Waals surface area (Å²) in [6.45, 7) is 7.78. The summed E-state index contributed by atoms with van der Waals surface area (Å²) in [5.41, 5.74) is 8.65. The van der Waals surface area contributed by atoms with Gasteiger partial charge < -0.3 is 10.6 Å². The molecule has 0 aromatic heterocycles. The second kappa shape index (κ2) is 6.24. The molecule has 1 aromatic rings. The Morgan fingerprint density at radius 1 is 1.39 bits per heavy atom. The van der Waals surface area contributed by atoms with Gasteiger partial charge in [-0.1, -0.05) is 32.0 Å². The predicted octanol–water partition coefficient (Wildman–Crippen LogP) is 3.06. The lowest BCUT2D eigenvalue weighted by Crippen LogP contribution is -2.35.